The number of hydrogen-bond donors (Lipinski definition) is 3. The van der Waals surface area contributed by atoms with Crippen molar-refractivity contribution in [3.8, 4) is 5.75 Å². The normalized spacial score (nSPS) is 30.8. The fourth-order valence-corrected chi connectivity index (χ4v) is 5.70. The zero-order chi connectivity index (χ0) is 25.2. The molecule has 3 N–H and O–H groups in total. The third-order valence-electron chi connectivity index (χ3n) is 6.09. The van der Waals surface area contributed by atoms with Crippen molar-refractivity contribution >= 4 is 25.7 Å². The maximum Gasteiger partial charge on any atom is 0.459 e. The van der Waals surface area contributed by atoms with Crippen LogP contribution in [0, 0.1) is 0 Å². The monoisotopic (exact) mass is 513 g/mol. The van der Waals surface area contributed by atoms with E-state index in [1.807, 2.05) is 0 Å². The van der Waals surface area contributed by atoms with E-state index in [2.05, 4.69) is 15.1 Å². The van der Waals surface area contributed by atoms with Gasteiger partial charge in [0.1, 0.15) is 29.6 Å². The summed E-state index contributed by atoms with van der Waals surface area (Å²) in [6.45, 7) is 1.46. The summed E-state index contributed by atoms with van der Waals surface area (Å²) in [6, 6.07) is 6.52. The van der Waals surface area contributed by atoms with Gasteiger partial charge in [0.05, 0.1) is 20.3 Å². The molecule has 3 heterocycles. The number of para-hydroxylation sites is 1. The topological polar surface area (TPSA) is 162 Å². The zero-order valence-corrected chi connectivity index (χ0v) is 20.1. The minimum absolute atomic E-state index is 0.0778. The maximum atomic E-state index is 13.5. The van der Waals surface area contributed by atoms with Crippen LogP contribution in [-0.4, -0.2) is 84.9 Å². The summed E-state index contributed by atoms with van der Waals surface area (Å²) in [5, 5.41) is 15.8. The van der Waals surface area contributed by atoms with Crippen LogP contribution in [0.2, 0.25) is 0 Å². The molecule has 13 nitrogen and oxygen atoms in total. The first kappa shape index (κ1) is 25.5. The van der Waals surface area contributed by atoms with Gasteiger partial charge in [0, 0.05) is 19.4 Å². The second kappa shape index (κ2) is 10.2. The molecule has 4 rings (SSSR count). The average Bonchev–Trinajstić information content (AvgIpc) is 3.10. The number of nitrogens with zero attached hydrogens (tertiary/aromatic N) is 1. The van der Waals surface area contributed by atoms with E-state index in [0.29, 0.717) is 13.0 Å². The van der Waals surface area contributed by atoms with Gasteiger partial charge in [-0.1, -0.05) is 18.2 Å². The highest BCUT2D eigenvalue weighted by Crippen LogP contribution is 2.48. The molecule has 1 spiro atoms. The standard InChI is InChI=1S/C21H28N3O10P/c1-13(18(27)30-2)23-35(29,34-14-6-4-3-5-7-14)32-12-15-17(26)21(9-11-31-21)19(33-15)24-10-8-16(25)22-20(24)28/h3-7,13,15,17,19,26H,8-12H2,1-2H3,(H,23,29)(H,22,25,28)/t13-,15?,17+,19?,21-,35?/m0/s1. The van der Waals surface area contributed by atoms with Gasteiger partial charge in [0.25, 0.3) is 0 Å². The third-order valence-corrected chi connectivity index (χ3v) is 7.74. The van der Waals surface area contributed by atoms with Crippen LogP contribution in [-0.2, 0) is 32.9 Å². The molecular formula is C21H28N3O10P. The fourth-order valence-electron chi connectivity index (χ4n) is 4.20. The third kappa shape index (κ3) is 5.20. The lowest BCUT2D eigenvalue weighted by Crippen LogP contribution is -2.66. The second-order valence-corrected chi connectivity index (χ2v) is 10.1. The molecule has 3 aliphatic rings. The summed E-state index contributed by atoms with van der Waals surface area (Å²) in [4.78, 5) is 37.1. The Bertz CT molecular complexity index is 1000. The molecule has 0 bridgehead atoms. The second-order valence-electron chi connectivity index (χ2n) is 8.39. The quantitative estimate of drug-likeness (QED) is 0.312. The number of nitrogens with one attached hydrogen (secondary N) is 2. The zero-order valence-electron chi connectivity index (χ0n) is 19.2. The number of amides is 3. The molecule has 35 heavy (non-hydrogen) atoms. The van der Waals surface area contributed by atoms with Crippen LogP contribution < -0.4 is 14.9 Å². The van der Waals surface area contributed by atoms with Crippen molar-refractivity contribution in [2.75, 3.05) is 26.9 Å². The van der Waals surface area contributed by atoms with Crippen LogP contribution >= 0.6 is 7.75 Å². The molecule has 3 aliphatic heterocycles. The van der Waals surface area contributed by atoms with Crippen LogP contribution in [0.4, 0.5) is 4.79 Å². The van der Waals surface area contributed by atoms with Gasteiger partial charge in [-0.25, -0.2) is 9.36 Å². The average molecular weight is 513 g/mol. The van der Waals surface area contributed by atoms with Crippen LogP contribution in [0.5, 0.6) is 5.75 Å². The number of esters is 1. The number of rotatable bonds is 9. The number of methoxy groups -OCH3 is 1. The lowest BCUT2D eigenvalue weighted by atomic mass is 9.86. The minimum Gasteiger partial charge on any atom is -0.468 e. The Morgan fingerprint density at radius 1 is 1.37 bits per heavy atom. The molecule has 0 radical (unpaired) electrons. The van der Waals surface area contributed by atoms with Gasteiger partial charge in [-0.2, -0.15) is 5.09 Å². The van der Waals surface area contributed by atoms with Crippen LogP contribution in [0.1, 0.15) is 19.8 Å². The number of imide groups is 1. The number of urea groups is 1. The largest absolute Gasteiger partial charge is 0.468 e. The van der Waals surface area contributed by atoms with Gasteiger partial charge in [-0.3, -0.25) is 24.3 Å². The van der Waals surface area contributed by atoms with Gasteiger partial charge in [-0.15, -0.1) is 0 Å². The molecule has 1 aromatic rings. The predicted molar refractivity (Wildman–Crippen MR) is 118 cm³/mol. The summed E-state index contributed by atoms with van der Waals surface area (Å²) in [6.07, 6.45) is -2.77. The first-order valence-corrected chi connectivity index (χ1v) is 12.6. The molecule has 3 amide bonds. The first-order valence-electron chi connectivity index (χ1n) is 11.1. The maximum absolute atomic E-state index is 13.5. The predicted octanol–water partition coefficient (Wildman–Crippen LogP) is 0.528. The molecule has 0 saturated carbocycles. The number of hydrogen-bond acceptors (Lipinski definition) is 10. The Morgan fingerprint density at radius 2 is 2.09 bits per heavy atom. The number of benzene rings is 1. The van der Waals surface area contributed by atoms with Crippen molar-refractivity contribution in [3.63, 3.8) is 0 Å². The summed E-state index contributed by atoms with van der Waals surface area (Å²) >= 11 is 0. The Kier molecular flexibility index (Phi) is 7.46. The van der Waals surface area contributed by atoms with Crippen LogP contribution in [0.15, 0.2) is 30.3 Å². The van der Waals surface area contributed by atoms with E-state index < -0.39 is 62.3 Å². The molecule has 3 fully saturated rings. The van der Waals surface area contributed by atoms with Crippen LogP contribution in [0.25, 0.3) is 0 Å². The van der Waals surface area contributed by atoms with E-state index in [-0.39, 0.29) is 18.7 Å². The SMILES string of the molecule is COC(=O)[C@H](C)NP(=O)(OCC1OC(N2CCC(=O)NC2=O)[C@]2(CCO2)[C@@H]1O)Oc1ccccc1. The molecule has 3 unspecified atom stereocenters. The summed E-state index contributed by atoms with van der Waals surface area (Å²) in [5.74, 6) is -0.868. The molecular weight excluding hydrogens is 485 g/mol. The van der Waals surface area contributed by atoms with E-state index in [4.69, 9.17) is 18.5 Å². The summed E-state index contributed by atoms with van der Waals surface area (Å²) in [7, 11) is -2.98. The molecule has 1 aromatic carbocycles. The van der Waals surface area contributed by atoms with Crippen molar-refractivity contribution in [1.29, 1.82) is 0 Å². The highest BCUT2D eigenvalue weighted by atomic mass is 31.2. The summed E-state index contributed by atoms with van der Waals surface area (Å²) < 4.78 is 41.0. The Morgan fingerprint density at radius 3 is 2.69 bits per heavy atom. The van der Waals surface area contributed by atoms with E-state index in [1.165, 1.54) is 18.9 Å². The number of aliphatic hydroxyl groups is 1. The van der Waals surface area contributed by atoms with Gasteiger partial charge < -0.3 is 23.8 Å². The first-order chi connectivity index (χ1) is 16.7. The Labute approximate surface area is 201 Å². The number of carbonyl (C=O) groups excluding carboxylic acids is 3. The highest BCUT2D eigenvalue weighted by molar-refractivity contribution is 7.52. The van der Waals surface area contributed by atoms with E-state index in [1.54, 1.807) is 30.3 Å². The highest BCUT2D eigenvalue weighted by Gasteiger charge is 2.64. The molecule has 192 valence electrons. The fraction of sp³-hybridized carbons (Fsp3) is 0.571. The lowest BCUT2D eigenvalue weighted by molar-refractivity contribution is -0.232. The molecule has 0 aliphatic carbocycles. The molecule has 3 saturated heterocycles. The van der Waals surface area contributed by atoms with Crippen molar-refractivity contribution in [3.05, 3.63) is 30.3 Å². The van der Waals surface area contributed by atoms with E-state index in [0.717, 1.165) is 0 Å². The number of aliphatic hydroxyl groups excluding tert-OH is 1. The Balaban J connectivity index is 1.49. The van der Waals surface area contributed by atoms with Gasteiger partial charge >= 0.3 is 19.7 Å². The number of ether oxygens (including phenoxy) is 3. The van der Waals surface area contributed by atoms with Crippen molar-refractivity contribution in [1.82, 2.24) is 15.3 Å². The van der Waals surface area contributed by atoms with Gasteiger partial charge in [-0.05, 0) is 19.1 Å². The van der Waals surface area contributed by atoms with Crippen molar-refractivity contribution < 1.29 is 47.3 Å². The smallest absolute Gasteiger partial charge is 0.459 e. The molecule has 14 heteroatoms. The number of carbonyl (C=O) groups is 3. The van der Waals surface area contributed by atoms with Crippen molar-refractivity contribution in [2.24, 2.45) is 0 Å². The van der Waals surface area contributed by atoms with E-state index in [9.17, 15) is 24.1 Å². The van der Waals surface area contributed by atoms with Gasteiger partial charge in [0.15, 0.2) is 6.23 Å². The van der Waals surface area contributed by atoms with E-state index >= 15 is 0 Å². The summed E-state index contributed by atoms with van der Waals surface area (Å²) in [5.41, 5.74) is -1.21. The van der Waals surface area contributed by atoms with Gasteiger partial charge in [0.2, 0.25) is 5.91 Å². The van der Waals surface area contributed by atoms with Crippen molar-refractivity contribution in [2.45, 2.75) is 49.8 Å². The lowest BCUT2D eigenvalue weighted by Gasteiger charge is -2.47. The molecule has 0 aromatic heterocycles. The minimum atomic E-state index is -4.17. The van der Waals surface area contributed by atoms with Crippen LogP contribution in [0.3, 0.4) is 0 Å². The Hall–Kier alpha value is -2.54. The molecule has 6 atom stereocenters.